The minimum atomic E-state index is 0.293. The molecule has 1 saturated heterocycles. The molecular formula is C13H15N3O. The first kappa shape index (κ1) is 10.4. The number of phenolic OH excluding ortho intramolecular Hbond substituents is 1. The van der Waals surface area contributed by atoms with Gasteiger partial charge in [-0.3, -0.25) is 4.68 Å². The van der Waals surface area contributed by atoms with Crippen LogP contribution in [0.2, 0.25) is 0 Å². The fraction of sp³-hybridized carbons (Fsp3) is 0.308. The van der Waals surface area contributed by atoms with Gasteiger partial charge in [-0.25, -0.2) is 0 Å². The average Bonchev–Trinajstić information content (AvgIpc) is 3.00. The maximum Gasteiger partial charge on any atom is 0.115 e. The van der Waals surface area contributed by atoms with Crippen molar-refractivity contribution in [3.8, 4) is 16.9 Å². The number of aromatic hydroxyl groups is 1. The van der Waals surface area contributed by atoms with Crippen molar-refractivity contribution >= 4 is 0 Å². The molecule has 0 amide bonds. The summed E-state index contributed by atoms with van der Waals surface area (Å²) in [6.45, 7) is 2.07. The molecule has 0 saturated carbocycles. The van der Waals surface area contributed by atoms with Crippen LogP contribution in [0.4, 0.5) is 0 Å². The summed E-state index contributed by atoms with van der Waals surface area (Å²) >= 11 is 0. The number of hydrogen-bond donors (Lipinski definition) is 2. The number of hydrogen-bond acceptors (Lipinski definition) is 3. The third kappa shape index (κ3) is 2.03. The molecule has 1 aromatic heterocycles. The van der Waals surface area contributed by atoms with Gasteiger partial charge in [0, 0.05) is 18.3 Å². The molecule has 0 spiro atoms. The van der Waals surface area contributed by atoms with E-state index in [4.69, 9.17) is 0 Å². The lowest BCUT2D eigenvalue weighted by Gasteiger charge is -2.07. The molecule has 4 nitrogen and oxygen atoms in total. The zero-order valence-electron chi connectivity index (χ0n) is 9.50. The molecule has 4 heteroatoms. The highest BCUT2D eigenvalue weighted by atomic mass is 16.3. The Labute approximate surface area is 99.9 Å². The Morgan fingerprint density at radius 3 is 2.76 bits per heavy atom. The molecule has 0 bridgehead atoms. The van der Waals surface area contributed by atoms with E-state index in [-0.39, 0.29) is 0 Å². The highest BCUT2D eigenvalue weighted by Gasteiger charge is 2.17. The molecule has 2 heterocycles. The first-order valence-corrected chi connectivity index (χ1v) is 5.87. The van der Waals surface area contributed by atoms with Gasteiger partial charge in [-0.2, -0.15) is 5.10 Å². The van der Waals surface area contributed by atoms with Gasteiger partial charge in [-0.1, -0.05) is 12.1 Å². The molecule has 2 N–H and O–H groups in total. The van der Waals surface area contributed by atoms with Crippen molar-refractivity contribution < 1.29 is 5.11 Å². The third-order valence-corrected chi connectivity index (χ3v) is 3.21. The van der Waals surface area contributed by atoms with E-state index < -0.39 is 0 Å². The summed E-state index contributed by atoms with van der Waals surface area (Å²) in [4.78, 5) is 0. The SMILES string of the molecule is Oc1ccc(-c2cnn(C3CCNC3)c2)cc1. The molecule has 1 aliphatic heterocycles. The zero-order valence-corrected chi connectivity index (χ0v) is 9.50. The number of phenols is 1. The van der Waals surface area contributed by atoms with E-state index >= 15 is 0 Å². The van der Waals surface area contributed by atoms with Gasteiger partial charge in [-0.05, 0) is 30.7 Å². The van der Waals surface area contributed by atoms with Crippen molar-refractivity contribution in [2.45, 2.75) is 12.5 Å². The van der Waals surface area contributed by atoms with Crippen LogP contribution >= 0.6 is 0 Å². The van der Waals surface area contributed by atoms with Crippen molar-refractivity contribution in [2.24, 2.45) is 0 Å². The van der Waals surface area contributed by atoms with Crippen LogP contribution in [0.5, 0.6) is 5.75 Å². The van der Waals surface area contributed by atoms with Crippen molar-refractivity contribution in [1.82, 2.24) is 15.1 Å². The molecule has 88 valence electrons. The quantitative estimate of drug-likeness (QED) is 0.825. The number of aromatic nitrogens is 2. The van der Waals surface area contributed by atoms with Crippen molar-refractivity contribution in [3.05, 3.63) is 36.7 Å². The van der Waals surface area contributed by atoms with Crippen molar-refractivity contribution in [1.29, 1.82) is 0 Å². The third-order valence-electron chi connectivity index (χ3n) is 3.21. The molecule has 1 atom stereocenters. The first-order valence-electron chi connectivity index (χ1n) is 5.87. The second kappa shape index (κ2) is 4.22. The van der Waals surface area contributed by atoms with Gasteiger partial charge in [0.15, 0.2) is 0 Å². The van der Waals surface area contributed by atoms with Gasteiger partial charge in [0.25, 0.3) is 0 Å². The molecule has 1 aliphatic rings. The summed E-state index contributed by atoms with van der Waals surface area (Å²) in [7, 11) is 0. The number of rotatable bonds is 2. The second-order valence-electron chi connectivity index (χ2n) is 4.40. The monoisotopic (exact) mass is 229 g/mol. The number of nitrogens with one attached hydrogen (secondary N) is 1. The zero-order chi connectivity index (χ0) is 11.7. The lowest BCUT2D eigenvalue weighted by Crippen LogP contribution is -2.13. The Hall–Kier alpha value is -1.81. The molecule has 0 radical (unpaired) electrons. The maximum atomic E-state index is 9.25. The van der Waals surface area contributed by atoms with E-state index in [9.17, 15) is 5.11 Å². The summed E-state index contributed by atoms with van der Waals surface area (Å²) < 4.78 is 2.03. The summed E-state index contributed by atoms with van der Waals surface area (Å²) in [5, 5.41) is 17.0. The summed E-state index contributed by atoms with van der Waals surface area (Å²) in [5.74, 6) is 0.293. The smallest absolute Gasteiger partial charge is 0.115 e. The van der Waals surface area contributed by atoms with E-state index in [0.29, 0.717) is 11.8 Å². The molecule has 0 aliphatic carbocycles. The fourth-order valence-corrected chi connectivity index (χ4v) is 2.21. The topological polar surface area (TPSA) is 50.1 Å². The van der Waals surface area contributed by atoms with Crippen molar-refractivity contribution in [3.63, 3.8) is 0 Å². The van der Waals surface area contributed by atoms with E-state index in [1.165, 1.54) is 0 Å². The van der Waals surface area contributed by atoms with Crippen LogP contribution in [-0.2, 0) is 0 Å². The largest absolute Gasteiger partial charge is 0.508 e. The molecular weight excluding hydrogens is 214 g/mol. The van der Waals surface area contributed by atoms with Crippen LogP contribution in [0.3, 0.4) is 0 Å². The van der Waals surface area contributed by atoms with Gasteiger partial charge in [-0.15, -0.1) is 0 Å². The van der Waals surface area contributed by atoms with Gasteiger partial charge < -0.3 is 10.4 Å². The Kier molecular flexibility index (Phi) is 2.57. The summed E-state index contributed by atoms with van der Waals surface area (Å²) in [6, 6.07) is 7.68. The molecule has 3 rings (SSSR count). The van der Waals surface area contributed by atoms with Crippen LogP contribution in [0.25, 0.3) is 11.1 Å². The maximum absolute atomic E-state index is 9.25. The van der Waals surface area contributed by atoms with E-state index in [0.717, 1.165) is 30.6 Å². The highest BCUT2D eigenvalue weighted by molar-refractivity contribution is 5.62. The normalized spacial score (nSPS) is 19.6. The van der Waals surface area contributed by atoms with E-state index in [1.807, 2.05) is 23.0 Å². The predicted molar refractivity (Wildman–Crippen MR) is 65.9 cm³/mol. The Bertz CT molecular complexity index is 498. The number of benzene rings is 1. The van der Waals surface area contributed by atoms with Gasteiger partial charge in [0.05, 0.1) is 12.2 Å². The second-order valence-corrected chi connectivity index (χ2v) is 4.40. The van der Waals surface area contributed by atoms with Crippen LogP contribution in [0.15, 0.2) is 36.7 Å². The summed E-state index contributed by atoms with van der Waals surface area (Å²) in [5.41, 5.74) is 2.18. The van der Waals surface area contributed by atoms with Gasteiger partial charge >= 0.3 is 0 Å². The molecule has 17 heavy (non-hydrogen) atoms. The Morgan fingerprint density at radius 2 is 2.06 bits per heavy atom. The van der Waals surface area contributed by atoms with Crippen molar-refractivity contribution in [2.75, 3.05) is 13.1 Å². The van der Waals surface area contributed by atoms with Crippen LogP contribution in [0.1, 0.15) is 12.5 Å². The lowest BCUT2D eigenvalue weighted by atomic mass is 10.1. The predicted octanol–water partition coefficient (Wildman–Crippen LogP) is 1.79. The minimum Gasteiger partial charge on any atom is -0.508 e. The van der Waals surface area contributed by atoms with Crippen LogP contribution in [-0.4, -0.2) is 28.0 Å². The Balaban J connectivity index is 1.86. The number of nitrogens with zero attached hydrogens (tertiary/aromatic N) is 2. The summed E-state index contributed by atoms with van der Waals surface area (Å²) in [6.07, 6.45) is 5.09. The lowest BCUT2D eigenvalue weighted by molar-refractivity contribution is 0.475. The highest BCUT2D eigenvalue weighted by Crippen LogP contribution is 2.23. The fourth-order valence-electron chi connectivity index (χ4n) is 2.21. The van der Waals surface area contributed by atoms with Crippen LogP contribution in [0, 0.1) is 0 Å². The Morgan fingerprint density at radius 1 is 1.24 bits per heavy atom. The standard InChI is InChI=1S/C13H15N3O/c17-13-3-1-10(2-4-13)11-7-15-16(9-11)12-5-6-14-8-12/h1-4,7,9,12,14,17H,5-6,8H2. The minimum absolute atomic E-state index is 0.293. The van der Waals surface area contributed by atoms with Crippen LogP contribution < -0.4 is 5.32 Å². The van der Waals surface area contributed by atoms with Gasteiger partial charge in [0.2, 0.25) is 0 Å². The average molecular weight is 229 g/mol. The van der Waals surface area contributed by atoms with E-state index in [1.54, 1.807) is 12.1 Å². The first-order chi connectivity index (χ1) is 8.33. The molecule has 1 unspecified atom stereocenters. The van der Waals surface area contributed by atoms with Gasteiger partial charge in [0.1, 0.15) is 5.75 Å². The van der Waals surface area contributed by atoms with E-state index in [2.05, 4.69) is 16.6 Å². The molecule has 1 aromatic carbocycles. The molecule has 1 fully saturated rings. The molecule has 2 aromatic rings.